The van der Waals surface area contributed by atoms with Crippen LogP contribution in [0.3, 0.4) is 0 Å². The standard InChI is InChI=1S/C18H25N3O2/c1-11-10-15(11)18(23)20-14-7-5-13(6-8-14)17(22)21-16-4-3-9-19-12(16)2/h5-8,11-12,15-16,19H,3-4,9-10H2,1-2H3,(H,20,23)(H,21,22). The lowest BCUT2D eigenvalue weighted by Gasteiger charge is -2.30. The van der Waals surface area contributed by atoms with Gasteiger partial charge in [-0.25, -0.2) is 0 Å². The molecule has 0 bridgehead atoms. The van der Waals surface area contributed by atoms with Crippen LogP contribution >= 0.6 is 0 Å². The summed E-state index contributed by atoms with van der Waals surface area (Å²) in [5.74, 6) is 0.667. The van der Waals surface area contributed by atoms with Gasteiger partial charge in [-0.1, -0.05) is 6.92 Å². The minimum atomic E-state index is -0.0563. The van der Waals surface area contributed by atoms with Crippen LogP contribution in [0.1, 0.15) is 43.5 Å². The summed E-state index contributed by atoms with van der Waals surface area (Å²) in [6.45, 7) is 5.20. The van der Waals surface area contributed by atoms with Crippen LogP contribution in [0.5, 0.6) is 0 Å². The molecule has 2 fully saturated rings. The fraction of sp³-hybridized carbons (Fsp3) is 0.556. The fourth-order valence-corrected chi connectivity index (χ4v) is 3.12. The summed E-state index contributed by atoms with van der Waals surface area (Å²) in [4.78, 5) is 24.2. The molecular weight excluding hydrogens is 290 g/mol. The lowest BCUT2D eigenvalue weighted by atomic mass is 9.99. The molecule has 1 aromatic rings. The molecule has 2 amide bonds. The van der Waals surface area contributed by atoms with E-state index in [0.717, 1.165) is 31.5 Å². The number of amides is 2. The van der Waals surface area contributed by atoms with Crippen LogP contribution in [-0.2, 0) is 4.79 Å². The number of carbonyl (C=O) groups is 2. The second-order valence-electron chi connectivity index (χ2n) is 6.85. The number of hydrogen-bond donors (Lipinski definition) is 3. The monoisotopic (exact) mass is 315 g/mol. The summed E-state index contributed by atoms with van der Waals surface area (Å²) in [5.41, 5.74) is 1.37. The minimum absolute atomic E-state index is 0.0563. The van der Waals surface area contributed by atoms with Gasteiger partial charge in [0.2, 0.25) is 5.91 Å². The molecule has 124 valence electrons. The van der Waals surface area contributed by atoms with E-state index < -0.39 is 0 Å². The molecule has 4 atom stereocenters. The molecule has 3 rings (SSSR count). The predicted molar refractivity (Wildman–Crippen MR) is 90.3 cm³/mol. The van der Waals surface area contributed by atoms with Crippen LogP contribution in [0.25, 0.3) is 0 Å². The zero-order valence-electron chi connectivity index (χ0n) is 13.8. The molecular formula is C18H25N3O2. The van der Waals surface area contributed by atoms with Crippen LogP contribution in [0.4, 0.5) is 5.69 Å². The average Bonchev–Trinajstić information content (AvgIpc) is 3.27. The molecule has 1 saturated carbocycles. The van der Waals surface area contributed by atoms with Crippen molar-refractivity contribution < 1.29 is 9.59 Å². The van der Waals surface area contributed by atoms with Crippen molar-refractivity contribution in [3.05, 3.63) is 29.8 Å². The molecule has 0 spiro atoms. The molecule has 1 aliphatic carbocycles. The first kappa shape index (κ1) is 16.0. The molecule has 3 N–H and O–H groups in total. The van der Waals surface area contributed by atoms with E-state index in [1.54, 1.807) is 24.3 Å². The molecule has 4 unspecified atom stereocenters. The van der Waals surface area contributed by atoms with Crippen LogP contribution < -0.4 is 16.0 Å². The molecule has 5 nitrogen and oxygen atoms in total. The number of piperidine rings is 1. The summed E-state index contributed by atoms with van der Waals surface area (Å²) in [5, 5.41) is 9.38. The van der Waals surface area contributed by atoms with E-state index in [9.17, 15) is 9.59 Å². The minimum Gasteiger partial charge on any atom is -0.348 e. The Morgan fingerprint density at radius 3 is 2.48 bits per heavy atom. The van der Waals surface area contributed by atoms with Gasteiger partial charge in [0.15, 0.2) is 0 Å². The van der Waals surface area contributed by atoms with Crippen LogP contribution in [0.15, 0.2) is 24.3 Å². The Bertz CT molecular complexity index is 584. The SMILES string of the molecule is CC1CC1C(=O)Nc1ccc(C(=O)NC2CCCNC2C)cc1. The van der Waals surface area contributed by atoms with Gasteiger partial charge < -0.3 is 16.0 Å². The van der Waals surface area contributed by atoms with Gasteiger partial charge in [-0.15, -0.1) is 0 Å². The molecule has 23 heavy (non-hydrogen) atoms. The summed E-state index contributed by atoms with van der Waals surface area (Å²) in [6, 6.07) is 7.59. The van der Waals surface area contributed by atoms with Crippen LogP contribution in [0, 0.1) is 11.8 Å². The first-order valence-corrected chi connectivity index (χ1v) is 8.50. The highest BCUT2D eigenvalue weighted by atomic mass is 16.2. The average molecular weight is 315 g/mol. The fourth-order valence-electron chi connectivity index (χ4n) is 3.12. The maximum Gasteiger partial charge on any atom is 0.251 e. The Morgan fingerprint density at radius 2 is 1.87 bits per heavy atom. The molecule has 5 heteroatoms. The maximum absolute atomic E-state index is 12.3. The lowest BCUT2D eigenvalue weighted by molar-refractivity contribution is -0.117. The molecule has 1 aromatic carbocycles. The van der Waals surface area contributed by atoms with E-state index in [4.69, 9.17) is 0 Å². The summed E-state index contributed by atoms with van der Waals surface area (Å²) < 4.78 is 0. The van der Waals surface area contributed by atoms with Crippen molar-refractivity contribution in [1.29, 1.82) is 0 Å². The van der Waals surface area contributed by atoms with Crippen molar-refractivity contribution in [3.63, 3.8) is 0 Å². The van der Waals surface area contributed by atoms with Crippen molar-refractivity contribution in [2.24, 2.45) is 11.8 Å². The predicted octanol–water partition coefficient (Wildman–Crippen LogP) is 2.15. The van der Waals surface area contributed by atoms with Crippen molar-refractivity contribution >= 4 is 17.5 Å². The third-order valence-corrected chi connectivity index (χ3v) is 4.94. The van der Waals surface area contributed by atoms with Gasteiger partial charge in [0.05, 0.1) is 0 Å². The van der Waals surface area contributed by atoms with Gasteiger partial charge in [0.25, 0.3) is 5.91 Å². The molecule has 0 radical (unpaired) electrons. The summed E-state index contributed by atoms with van der Waals surface area (Å²) in [6.07, 6.45) is 3.06. The van der Waals surface area contributed by atoms with Crippen molar-refractivity contribution in [3.8, 4) is 0 Å². The Balaban J connectivity index is 1.55. The highest BCUT2D eigenvalue weighted by molar-refractivity contribution is 5.97. The second-order valence-corrected chi connectivity index (χ2v) is 6.85. The van der Waals surface area contributed by atoms with Gasteiger partial charge in [-0.2, -0.15) is 0 Å². The third kappa shape index (κ3) is 3.91. The highest BCUT2D eigenvalue weighted by Gasteiger charge is 2.39. The Hall–Kier alpha value is -1.88. The van der Waals surface area contributed by atoms with Gasteiger partial charge in [-0.3, -0.25) is 9.59 Å². The molecule has 2 aliphatic rings. The Morgan fingerprint density at radius 1 is 1.17 bits per heavy atom. The van der Waals surface area contributed by atoms with E-state index in [2.05, 4.69) is 29.8 Å². The van der Waals surface area contributed by atoms with Gasteiger partial charge >= 0.3 is 0 Å². The van der Waals surface area contributed by atoms with Crippen molar-refractivity contribution in [2.75, 3.05) is 11.9 Å². The van der Waals surface area contributed by atoms with E-state index in [-0.39, 0.29) is 23.8 Å². The second kappa shape index (κ2) is 6.71. The van der Waals surface area contributed by atoms with Gasteiger partial charge in [0.1, 0.15) is 0 Å². The number of rotatable bonds is 4. The van der Waals surface area contributed by atoms with Crippen LogP contribution in [0.2, 0.25) is 0 Å². The summed E-state index contributed by atoms with van der Waals surface area (Å²) in [7, 11) is 0. The number of nitrogens with one attached hydrogen (secondary N) is 3. The first-order valence-electron chi connectivity index (χ1n) is 8.50. The maximum atomic E-state index is 12.3. The largest absolute Gasteiger partial charge is 0.348 e. The van der Waals surface area contributed by atoms with E-state index >= 15 is 0 Å². The molecule has 1 aliphatic heterocycles. The number of carbonyl (C=O) groups excluding carboxylic acids is 2. The summed E-state index contributed by atoms with van der Waals surface area (Å²) >= 11 is 0. The molecule has 1 saturated heterocycles. The molecule has 1 heterocycles. The van der Waals surface area contributed by atoms with E-state index in [0.29, 0.717) is 17.5 Å². The quantitative estimate of drug-likeness (QED) is 0.797. The zero-order valence-corrected chi connectivity index (χ0v) is 13.8. The topological polar surface area (TPSA) is 70.2 Å². The highest BCUT2D eigenvalue weighted by Crippen LogP contribution is 2.38. The third-order valence-electron chi connectivity index (χ3n) is 4.94. The normalized spacial score (nSPS) is 29.7. The van der Waals surface area contributed by atoms with Crippen LogP contribution in [-0.4, -0.2) is 30.4 Å². The van der Waals surface area contributed by atoms with Crippen molar-refractivity contribution in [1.82, 2.24) is 10.6 Å². The Kier molecular flexibility index (Phi) is 4.66. The number of anilines is 1. The first-order chi connectivity index (χ1) is 11.0. The lowest BCUT2D eigenvalue weighted by Crippen LogP contribution is -2.51. The van der Waals surface area contributed by atoms with E-state index in [1.165, 1.54) is 0 Å². The zero-order chi connectivity index (χ0) is 16.4. The van der Waals surface area contributed by atoms with Crippen molar-refractivity contribution in [2.45, 2.75) is 45.2 Å². The number of hydrogen-bond acceptors (Lipinski definition) is 3. The molecule has 0 aromatic heterocycles. The number of benzene rings is 1. The Labute approximate surface area is 137 Å². The van der Waals surface area contributed by atoms with E-state index in [1.807, 2.05) is 0 Å². The van der Waals surface area contributed by atoms with Gasteiger partial charge in [0, 0.05) is 29.3 Å². The smallest absolute Gasteiger partial charge is 0.251 e. The van der Waals surface area contributed by atoms with Gasteiger partial charge in [-0.05, 0) is 62.9 Å².